The summed E-state index contributed by atoms with van der Waals surface area (Å²) in [7, 11) is 0. The first-order chi connectivity index (χ1) is 9.88. The Morgan fingerprint density at radius 1 is 1.43 bits per heavy atom. The molecule has 1 aromatic heterocycles. The molecule has 0 bridgehead atoms. The number of nitrogens with zero attached hydrogens (tertiary/aromatic N) is 3. The molecule has 110 valence electrons. The van der Waals surface area contributed by atoms with Crippen LogP contribution in [0.4, 0.5) is 15.9 Å². The molecule has 1 amide bonds. The van der Waals surface area contributed by atoms with E-state index < -0.39 is 22.3 Å². The second kappa shape index (κ2) is 5.70. The van der Waals surface area contributed by atoms with Gasteiger partial charge in [0.05, 0.1) is 16.6 Å². The van der Waals surface area contributed by atoms with E-state index in [1.165, 1.54) is 0 Å². The first kappa shape index (κ1) is 14.6. The molecule has 1 aromatic carbocycles. The van der Waals surface area contributed by atoms with Gasteiger partial charge in [-0.3, -0.25) is 19.6 Å². The molecule has 0 spiro atoms. The Morgan fingerprint density at radius 3 is 2.67 bits per heavy atom. The summed E-state index contributed by atoms with van der Waals surface area (Å²) in [6.07, 6.45) is 1.69. The van der Waals surface area contributed by atoms with Gasteiger partial charge in [-0.25, -0.2) is 4.39 Å². The van der Waals surface area contributed by atoms with Gasteiger partial charge >= 0.3 is 0 Å². The molecule has 2 aromatic rings. The van der Waals surface area contributed by atoms with Crippen LogP contribution in [-0.4, -0.2) is 20.6 Å². The van der Waals surface area contributed by atoms with Crippen LogP contribution in [0.5, 0.6) is 0 Å². The van der Waals surface area contributed by atoms with Crippen LogP contribution in [0.1, 0.15) is 30.2 Å². The SMILES string of the molecule is CC(C)n1ccc(NC(=O)c2ccc([N+](=O)[O-])cc2F)n1. The van der Waals surface area contributed by atoms with E-state index in [1.807, 2.05) is 13.8 Å². The predicted molar refractivity (Wildman–Crippen MR) is 73.6 cm³/mol. The van der Waals surface area contributed by atoms with Crippen molar-refractivity contribution in [1.82, 2.24) is 9.78 Å². The summed E-state index contributed by atoms with van der Waals surface area (Å²) in [5.74, 6) is -1.38. The molecule has 7 nitrogen and oxygen atoms in total. The smallest absolute Gasteiger partial charge is 0.272 e. The van der Waals surface area contributed by atoms with Crippen LogP contribution in [-0.2, 0) is 0 Å². The third-order valence-corrected chi connectivity index (χ3v) is 2.79. The zero-order valence-electron chi connectivity index (χ0n) is 11.4. The lowest BCUT2D eigenvalue weighted by atomic mass is 10.2. The molecule has 0 saturated carbocycles. The number of non-ortho nitro benzene ring substituents is 1. The number of nitro benzene ring substituents is 1. The van der Waals surface area contributed by atoms with E-state index in [-0.39, 0.29) is 17.4 Å². The van der Waals surface area contributed by atoms with Crippen LogP contribution in [0.3, 0.4) is 0 Å². The lowest BCUT2D eigenvalue weighted by molar-refractivity contribution is -0.385. The maximum Gasteiger partial charge on any atom is 0.272 e. The van der Waals surface area contributed by atoms with E-state index in [0.29, 0.717) is 6.07 Å². The average molecular weight is 292 g/mol. The van der Waals surface area contributed by atoms with E-state index >= 15 is 0 Å². The van der Waals surface area contributed by atoms with Gasteiger partial charge in [0.15, 0.2) is 5.82 Å². The maximum atomic E-state index is 13.7. The highest BCUT2D eigenvalue weighted by Gasteiger charge is 2.17. The van der Waals surface area contributed by atoms with Crippen LogP contribution >= 0.6 is 0 Å². The fraction of sp³-hybridized carbons (Fsp3) is 0.231. The number of carbonyl (C=O) groups excluding carboxylic acids is 1. The summed E-state index contributed by atoms with van der Waals surface area (Å²) < 4.78 is 15.3. The maximum absolute atomic E-state index is 13.7. The third kappa shape index (κ3) is 3.22. The monoisotopic (exact) mass is 292 g/mol. The molecule has 0 aliphatic carbocycles. The van der Waals surface area contributed by atoms with Gasteiger partial charge in [-0.2, -0.15) is 5.10 Å². The first-order valence-corrected chi connectivity index (χ1v) is 6.19. The van der Waals surface area contributed by atoms with Crippen molar-refractivity contribution in [3.63, 3.8) is 0 Å². The lowest BCUT2D eigenvalue weighted by Gasteiger charge is -2.05. The number of benzene rings is 1. The highest BCUT2D eigenvalue weighted by atomic mass is 19.1. The van der Waals surface area contributed by atoms with Crippen LogP contribution in [0.2, 0.25) is 0 Å². The van der Waals surface area contributed by atoms with E-state index in [4.69, 9.17) is 0 Å². The van der Waals surface area contributed by atoms with Crippen LogP contribution in [0.25, 0.3) is 0 Å². The number of aromatic nitrogens is 2. The fourth-order valence-electron chi connectivity index (χ4n) is 1.68. The van der Waals surface area contributed by atoms with Crippen molar-refractivity contribution in [2.24, 2.45) is 0 Å². The van der Waals surface area contributed by atoms with Gasteiger partial charge in [0.2, 0.25) is 0 Å². The van der Waals surface area contributed by atoms with E-state index in [2.05, 4.69) is 10.4 Å². The summed E-state index contributed by atoms with van der Waals surface area (Å²) in [5, 5.41) is 17.1. The number of carbonyl (C=O) groups is 1. The summed E-state index contributed by atoms with van der Waals surface area (Å²) in [6.45, 7) is 3.85. The van der Waals surface area contributed by atoms with Crippen molar-refractivity contribution in [2.45, 2.75) is 19.9 Å². The number of rotatable bonds is 4. The Morgan fingerprint density at radius 2 is 2.14 bits per heavy atom. The summed E-state index contributed by atoms with van der Waals surface area (Å²) in [5.41, 5.74) is -0.687. The molecule has 1 N–H and O–H groups in total. The van der Waals surface area contributed by atoms with Gasteiger partial charge in [0, 0.05) is 24.4 Å². The van der Waals surface area contributed by atoms with Gasteiger partial charge in [-0.1, -0.05) is 0 Å². The van der Waals surface area contributed by atoms with E-state index in [0.717, 1.165) is 12.1 Å². The number of nitrogens with one attached hydrogen (secondary N) is 1. The van der Waals surface area contributed by atoms with Crippen molar-refractivity contribution in [3.05, 3.63) is 52.0 Å². The molecular weight excluding hydrogens is 279 g/mol. The van der Waals surface area contributed by atoms with Gasteiger partial charge in [0.1, 0.15) is 5.82 Å². The topological polar surface area (TPSA) is 90.1 Å². The zero-order chi connectivity index (χ0) is 15.6. The minimum Gasteiger partial charge on any atom is -0.305 e. The number of halogens is 1. The highest BCUT2D eigenvalue weighted by Crippen LogP contribution is 2.18. The fourth-order valence-corrected chi connectivity index (χ4v) is 1.68. The molecule has 0 aliphatic rings. The van der Waals surface area contributed by atoms with Crippen molar-refractivity contribution in [2.75, 3.05) is 5.32 Å². The molecule has 0 fully saturated rings. The molecule has 0 atom stereocenters. The minimum atomic E-state index is -0.954. The quantitative estimate of drug-likeness (QED) is 0.693. The largest absolute Gasteiger partial charge is 0.305 e. The van der Waals surface area contributed by atoms with Crippen molar-refractivity contribution >= 4 is 17.4 Å². The molecular formula is C13H13FN4O3. The van der Waals surface area contributed by atoms with Crippen LogP contribution in [0, 0.1) is 15.9 Å². The van der Waals surface area contributed by atoms with Gasteiger partial charge < -0.3 is 5.32 Å². The van der Waals surface area contributed by atoms with Crippen LogP contribution in [0.15, 0.2) is 30.5 Å². The summed E-state index contributed by atoms with van der Waals surface area (Å²) in [4.78, 5) is 21.7. The standard InChI is InChI=1S/C13H13FN4O3/c1-8(2)17-6-5-12(16-17)15-13(19)10-4-3-9(18(20)21)7-11(10)14/h3-8H,1-2H3,(H,15,16,19). The number of hydrogen-bond donors (Lipinski definition) is 1. The van der Waals surface area contributed by atoms with Gasteiger partial charge in [0.25, 0.3) is 11.6 Å². The summed E-state index contributed by atoms with van der Waals surface area (Å²) in [6, 6.07) is 4.57. The Bertz CT molecular complexity index is 696. The van der Waals surface area contributed by atoms with Gasteiger partial charge in [-0.15, -0.1) is 0 Å². The zero-order valence-corrected chi connectivity index (χ0v) is 11.4. The molecule has 0 saturated heterocycles. The second-order valence-corrected chi connectivity index (χ2v) is 4.65. The molecule has 0 aliphatic heterocycles. The molecule has 2 rings (SSSR count). The minimum absolute atomic E-state index is 0.131. The Labute approximate surface area is 119 Å². The van der Waals surface area contributed by atoms with Crippen molar-refractivity contribution in [3.8, 4) is 0 Å². The average Bonchev–Trinajstić information content (AvgIpc) is 2.87. The normalized spacial score (nSPS) is 10.7. The lowest BCUT2D eigenvalue weighted by Crippen LogP contribution is -2.15. The highest BCUT2D eigenvalue weighted by molar-refractivity contribution is 6.04. The van der Waals surface area contributed by atoms with E-state index in [1.54, 1.807) is 16.9 Å². The van der Waals surface area contributed by atoms with Gasteiger partial charge in [-0.05, 0) is 19.9 Å². The Hall–Kier alpha value is -2.77. The molecule has 8 heteroatoms. The number of hydrogen-bond acceptors (Lipinski definition) is 4. The second-order valence-electron chi connectivity index (χ2n) is 4.65. The predicted octanol–water partition coefficient (Wildman–Crippen LogP) is 2.76. The van der Waals surface area contributed by atoms with Crippen LogP contribution < -0.4 is 5.32 Å². The van der Waals surface area contributed by atoms with E-state index in [9.17, 15) is 19.3 Å². The summed E-state index contributed by atoms with van der Waals surface area (Å²) >= 11 is 0. The molecule has 21 heavy (non-hydrogen) atoms. The van der Waals surface area contributed by atoms with Crippen molar-refractivity contribution < 1.29 is 14.1 Å². The molecule has 1 heterocycles. The number of nitro groups is 1. The number of amides is 1. The first-order valence-electron chi connectivity index (χ1n) is 6.19. The molecule has 0 radical (unpaired) electrons. The third-order valence-electron chi connectivity index (χ3n) is 2.79. The molecule has 0 unspecified atom stereocenters. The Balaban J connectivity index is 2.18. The Kier molecular flexibility index (Phi) is 3.97. The number of anilines is 1. The van der Waals surface area contributed by atoms with Crippen molar-refractivity contribution in [1.29, 1.82) is 0 Å².